The van der Waals surface area contributed by atoms with Crippen molar-refractivity contribution >= 4 is 6.03 Å². The fourth-order valence-electron chi connectivity index (χ4n) is 1.12. The summed E-state index contributed by atoms with van der Waals surface area (Å²) in [6, 6.07) is 9.47. The molecule has 0 radical (unpaired) electrons. The summed E-state index contributed by atoms with van der Waals surface area (Å²) >= 11 is 0. The number of ether oxygens (including phenoxy) is 1. The van der Waals surface area contributed by atoms with Crippen LogP contribution in [0.4, 0.5) is 4.79 Å². The van der Waals surface area contributed by atoms with Crippen molar-refractivity contribution in [3.05, 3.63) is 30.3 Å². The number of para-hydroxylation sites is 1. The molecule has 0 saturated heterocycles. The standard InChI is InChI=1S/C12H18N2O2/c1-3-14(2)12(15)13-9-10-16-11-7-5-4-6-8-11/h4-8H,3,9-10H2,1-2H3,(H,13,15). The van der Waals surface area contributed by atoms with Crippen molar-refractivity contribution in [2.75, 3.05) is 26.7 Å². The van der Waals surface area contributed by atoms with Crippen LogP contribution in [0, 0.1) is 0 Å². The van der Waals surface area contributed by atoms with E-state index in [2.05, 4.69) is 5.32 Å². The van der Waals surface area contributed by atoms with Gasteiger partial charge < -0.3 is 15.0 Å². The van der Waals surface area contributed by atoms with Gasteiger partial charge in [0.05, 0.1) is 6.54 Å². The molecule has 0 atom stereocenters. The summed E-state index contributed by atoms with van der Waals surface area (Å²) in [5, 5.41) is 2.77. The molecular weight excluding hydrogens is 204 g/mol. The monoisotopic (exact) mass is 222 g/mol. The molecule has 1 aromatic rings. The van der Waals surface area contributed by atoms with Crippen molar-refractivity contribution in [1.29, 1.82) is 0 Å². The minimum atomic E-state index is -0.0702. The third kappa shape index (κ3) is 4.21. The van der Waals surface area contributed by atoms with Crippen molar-refractivity contribution in [3.8, 4) is 5.75 Å². The fourth-order valence-corrected chi connectivity index (χ4v) is 1.12. The van der Waals surface area contributed by atoms with Gasteiger partial charge in [-0.2, -0.15) is 0 Å². The smallest absolute Gasteiger partial charge is 0.317 e. The molecule has 0 fully saturated rings. The summed E-state index contributed by atoms with van der Waals surface area (Å²) in [5.41, 5.74) is 0. The molecule has 0 saturated carbocycles. The van der Waals surface area contributed by atoms with E-state index in [1.54, 1.807) is 11.9 Å². The Morgan fingerprint density at radius 3 is 2.69 bits per heavy atom. The molecule has 0 unspecified atom stereocenters. The topological polar surface area (TPSA) is 41.6 Å². The van der Waals surface area contributed by atoms with E-state index in [1.807, 2.05) is 37.3 Å². The average molecular weight is 222 g/mol. The number of rotatable bonds is 5. The van der Waals surface area contributed by atoms with E-state index in [1.165, 1.54) is 0 Å². The van der Waals surface area contributed by atoms with Crippen LogP contribution in [0.25, 0.3) is 0 Å². The van der Waals surface area contributed by atoms with Crippen molar-refractivity contribution in [2.24, 2.45) is 0 Å². The largest absolute Gasteiger partial charge is 0.492 e. The number of hydrogen-bond donors (Lipinski definition) is 1. The van der Waals surface area contributed by atoms with Crippen LogP contribution >= 0.6 is 0 Å². The Morgan fingerprint density at radius 2 is 2.06 bits per heavy atom. The van der Waals surface area contributed by atoms with Crippen LogP contribution in [0.1, 0.15) is 6.92 Å². The third-order valence-electron chi connectivity index (χ3n) is 2.21. The van der Waals surface area contributed by atoms with E-state index in [0.29, 0.717) is 19.7 Å². The summed E-state index contributed by atoms with van der Waals surface area (Å²) in [6.07, 6.45) is 0. The number of carbonyl (C=O) groups excluding carboxylic acids is 1. The molecule has 1 N–H and O–H groups in total. The average Bonchev–Trinajstić information content (AvgIpc) is 2.34. The molecule has 0 bridgehead atoms. The fraction of sp³-hybridized carbons (Fsp3) is 0.417. The first-order valence-electron chi connectivity index (χ1n) is 5.41. The molecule has 0 heterocycles. The van der Waals surface area contributed by atoms with Gasteiger partial charge in [-0.05, 0) is 19.1 Å². The molecule has 4 heteroatoms. The van der Waals surface area contributed by atoms with Crippen LogP contribution < -0.4 is 10.1 Å². The molecule has 88 valence electrons. The van der Waals surface area contributed by atoms with Crippen molar-refractivity contribution in [2.45, 2.75) is 6.92 Å². The zero-order chi connectivity index (χ0) is 11.8. The zero-order valence-electron chi connectivity index (χ0n) is 9.77. The first kappa shape index (κ1) is 12.4. The highest BCUT2D eigenvalue weighted by molar-refractivity contribution is 5.73. The Balaban J connectivity index is 2.15. The number of benzene rings is 1. The van der Waals surface area contributed by atoms with Crippen LogP contribution in [-0.4, -0.2) is 37.7 Å². The number of nitrogens with zero attached hydrogens (tertiary/aromatic N) is 1. The minimum Gasteiger partial charge on any atom is -0.492 e. The summed E-state index contributed by atoms with van der Waals surface area (Å²) in [7, 11) is 1.76. The predicted molar refractivity (Wildman–Crippen MR) is 63.6 cm³/mol. The third-order valence-corrected chi connectivity index (χ3v) is 2.21. The highest BCUT2D eigenvalue weighted by atomic mass is 16.5. The van der Waals surface area contributed by atoms with E-state index in [0.717, 1.165) is 5.75 Å². The lowest BCUT2D eigenvalue weighted by atomic mass is 10.3. The highest BCUT2D eigenvalue weighted by Crippen LogP contribution is 2.07. The zero-order valence-corrected chi connectivity index (χ0v) is 9.77. The quantitative estimate of drug-likeness (QED) is 0.771. The van der Waals surface area contributed by atoms with Crippen LogP contribution in [0.15, 0.2) is 30.3 Å². The minimum absolute atomic E-state index is 0.0702. The molecule has 0 aromatic heterocycles. The summed E-state index contributed by atoms with van der Waals surface area (Å²) in [4.78, 5) is 13.0. The number of urea groups is 1. The molecule has 1 rings (SSSR count). The lowest BCUT2D eigenvalue weighted by Crippen LogP contribution is -2.38. The van der Waals surface area contributed by atoms with E-state index in [-0.39, 0.29) is 6.03 Å². The maximum atomic E-state index is 11.3. The van der Waals surface area contributed by atoms with E-state index < -0.39 is 0 Å². The summed E-state index contributed by atoms with van der Waals surface area (Å²) in [5.74, 6) is 0.820. The molecule has 16 heavy (non-hydrogen) atoms. The molecule has 1 aromatic carbocycles. The van der Waals surface area contributed by atoms with Crippen LogP contribution in [0.2, 0.25) is 0 Å². The van der Waals surface area contributed by atoms with Gasteiger partial charge in [0.25, 0.3) is 0 Å². The summed E-state index contributed by atoms with van der Waals surface area (Å²) < 4.78 is 5.44. The SMILES string of the molecule is CCN(C)C(=O)NCCOc1ccccc1. The normalized spacial score (nSPS) is 9.62. The second-order valence-corrected chi connectivity index (χ2v) is 3.41. The van der Waals surface area contributed by atoms with Crippen molar-refractivity contribution in [3.63, 3.8) is 0 Å². The lowest BCUT2D eigenvalue weighted by Gasteiger charge is -2.15. The van der Waals surface area contributed by atoms with Gasteiger partial charge in [-0.15, -0.1) is 0 Å². The second-order valence-electron chi connectivity index (χ2n) is 3.41. The maximum absolute atomic E-state index is 11.3. The Labute approximate surface area is 96.2 Å². The van der Waals surface area contributed by atoms with E-state index >= 15 is 0 Å². The van der Waals surface area contributed by atoms with Gasteiger partial charge in [-0.3, -0.25) is 0 Å². The van der Waals surface area contributed by atoms with Crippen LogP contribution in [0.5, 0.6) is 5.75 Å². The van der Waals surface area contributed by atoms with Gasteiger partial charge in [0, 0.05) is 13.6 Å². The summed E-state index contributed by atoms with van der Waals surface area (Å²) in [6.45, 7) is 3.62. The van der Waals surface area contributed by atoms with Gasteiger partial charge in [-0.1, -0.05) is 18.2 Å². The maximum Gasteiger partial charge on any atom is 0.317 e. The lowest BCUT2D eigenvalue weighted by molar-refractivity contribution is 0.207. The first-order chi connectivity index (χ1) is 7.74. The molecule has 0 aliphatic rings. The van der Waals surface area contributed by atoms with Crippen LogP contribution in [-0.2, 0) is 0 Å². The van der Waals surface area contributed by atoms with Gasteiger partial charge >= 0.3 is 6.03 Å². The number of amides is 2. The van der Waals surface area contributed by atoms with Crippen LogP contribution in [0.3, 0.4) is 0 Å². The molecule has 4 nitrogen and oxygen atoms in total. The Kier molecular flexibility index (Phi) is 5.19. The second kappa shape index (κ2) is 6.71. The predicted octanol–water partition coefficient (Wildman–Crippen LogP) is 1.73. The Morgan fingerprint density at radius 1 is 1.38 bits per heavy atom. The number of nitrogens with one attached hydrogen (secondary N) is 1. The van der Waals surface area contributed by atoms with Gasteiger partial charge in [0.15, 0.2) is 0 Å². The highest BCUT2D eigenvalue weighted by Gasteiger charge is 2.03. The number of hydrogen-bond acceptors (Lipinski definition) is 2. The Hall–Kier alpha value is -1.71. The molecule has 0 aliphatic carbocycles. The van der Waals surface area contributed by atoms with E-state index in [4.69, 9.17) is 4.74 Å². The molecular formula is C12H18N2O2. The molecule has 2 amide bonds. The van der Waals surface area contributed by atoms with Gasteiger partial charge in [-0.25, -0.2) is 4.79 Å². The molecule has 0 spiro atoms. The van der Waals surface area contributed by atoms with Gasteiger partial charge in [0.2, 0.25) is 0 Å². The van der Waals surface area contributed by atoms with Crippen molar-refractivity contribution in [1.82, 2.24) is 10.2 Å². The van der Waals surface area contributed by atoms with Crippen molar-refractivity contribution < 1.29 is 9.53 Å². The molecule has 0 aliphatic heterocycles. The first-order valence-corrected chi connectivity index (χ1v) is 5.41. The number of carbonyl (C=O) groups is 1. The van der Waals surface area contributed by atoms with E-state index in [9.17, 15) is 4.79 Å². The Bertz CT molecular complexity index is 314. The van der Waals surface area contributed by atoms with Gasteiger partial charge in [0.1, 0.15) is 12.4 Å².